The first-order valence-electron chi connectivity index (χ1n) is 11.5. The highest BCUT2D eigenvalue weighted by molar-refractivity contribution is 5.91. The van der Waals surface area contributed by atoms with Crippen LogP contribution in [0.2, 0.25) is 0 Å². The number of carbonyl (C=O) groups excluding carboxylic acids is 4. The summed E-state index contributed by atoms with van der Waals surface area (Å²) in [4.78, 5) is 54.6. The molecule has 1 unspecified atom stereocenters. The first-order chi connectivity index (χ1) is 14.9. The third-order valence-electron chi connectivity index (χ3n) is 5.72. The van der Waals surface area contributed by atoms with Crippen molar-refractivity contribution in [3.8, 4) is 0 Å². The van der Waals surface area contributed by atoms with Gasteiger partial charge in [-0.25, -0.2) is 0 Å². The second-order valence-corrected chi connectivity index (χ2v) is 9.82. The highest BCUT2D eigenvalue weighted by Crippen LogP contribution is 2.29. The van der Waals surface area contributed by atoms with Gasteiger partial charge in [-0.15, -0.1) is 0 Å². The van der Waals surface area contributed by atoms with Gasteiger partial charge in [0, 0.05) is 21.1 Å². The van der Waals surface area contributed by atoms with Crippen molar-refractivity contribution in [2.75, 3.05) is 47.8 Å². The molecule has 0 saturated heterocycles. The molecule has 9 heteroatoms. The number of carbonyl (C=O) groups is 4. The van der Waals surface area contributed by atoms with Crippen molar-refractivity contribution >= 4 is 23.7 Å². The van der Waals surface area contributed by atoms with E-state index >= 15 is 0 Å². The van der Waals surface area contributed by atoms with Crippen LogP contribution in [-0.2, 0) is 23.9 Å². The summed E-state index contributed by atoms with van der Waals surface area (Å²) >= 11 is 0. The lowest BCUT2D eigenvalue weighted by Crippen LogP contribution is -2.53. The molecule has 1 saturated carbocycles. The Bertz CT molecular complexity index is 655. The van der Waals surface area contributed by atoms with Gasteiger partial charge in [-0.2, -0.15) is 0 Å². The average Bonchev–Trinajstić information content (AvgIpc) is 2.70. The van der Waals surface area contributed by atoms with Crippen molar-refractivity contribution in [2.45, 2.75) is 70.9 Å². The second-order valence-electron chi connectivity index (χ2n) is 9.82. The van der Waals surface area contributed by atoms with E-state index in [1.165, 1.54) is 21.1 Å². The number of hydrogen-bond donors (Lipinski definition) is 1. The third-order valence-corrected chi connectivity index (χ3v) is 5.72. The van der Waals surface area contributed by atoms with Crippen LogP contribution in [0.1, 0.15) is 59.3 Å². The van der Waals surface area contributed by atoms with Crippen LogP contribution in [-0.4, -0.2) is 97.9 Å². The number of nitrogens with one attached hydrogen (secondary N) is 1. The van der Waals surface area contributed by atoms with Crippen molar-refractivity contribution in [1.82, 2.24) is 20.0 Å². The molecule has 0 aromatic carbocycles. The fourth-order valence-corrected chi connectivity index (χ4v) is 3.93. The summed E-state index contributed by atoms with van der Waals surface area (Å²) in [6.07, 6.45) is 6.05. The monoisotopic (exact) mass is 454 g/mol. The molecule has 0 bridgehead atoms. The van der Waals surface area contributed by atoms with Crippen LogP contribution in [0.4, 0.5) is 0 Å². The number of likely N-dealkylation sites (N-methyl/N-ethyl adjacent to an activating group) is 4. The molecular weight excluding hydrogens is 412 g/mol. The van der Waals surface area contributed by atoms with E-state index < -0.39 is 17.6 Å². The first kappa shape index (κ1) is 27.9. The van der Waals surface area contributed by atoms with Gasteiger partial charge in [-0.05, 0) is 40.2 Å². The van der Waals surface area contributed by atoms with Crippen LogP contribution in [0.5, 0.6) is 0 Å². The van der Waals surface area contributed by atoms with E-state index in [1.807, 2.05) is 0 Å². The predicted molar refractivity (Wildman–Crippen MR) is 123 cm³/mol. The van der Waals surface area contributed by atoms with Gasteiger partial charge in [0.2, 0.25) is 17.7 Å². The maximum atomic E-state index is 13.3. The largest absolute Gasteiger partial charge is 0.459 e. The van der Waals surface area contributed by atoms with Crippen LogP contribution in [0, 0.1) is 5.92 Å². The third kappa shape index (κ3) is 9.54. The van der Waals surface area contributed by atoms with Gasteiger partial charge >= 0.3 is 5.97 Å². The lowest BCUT2D eigenvalue weighted by Gasteiger charge is -2.35. The zero-order valence-corrected chi connectivity index (χ0v) is 20.9. The van der Waals surface area contributed by atoms with E-state index in [4.69, 9.17) is 4.74 Å². The Labute approximate surface area is 192 Å². The molecule has 1 N–H and O–H groups in total. The first-order valence-corrected chi connectivity index (χ1v) is 11.5. The maximum absolute atomic E-state index is 13.3. The minimum absolute atomic E-state index is 0.110. The molecule has 0 aliphatic heterocycles. The van der Waals surface area contributed by atoms with E-state index in [0.29, 0.717) is 12.3 Å². The van der Waals surface area contributed by atoms with Crippen molar-refractivity contribution in [2.24, 2.45) is 5.92 Å². The molecule has 184 valence electrons. The minimum atomic E-state index is -0.689. The van der Waals surface area contributed by atoms with E-state index in [-0.39, 0.29) is 37.4 Å². The van der Waals surface area contributed by atoms with Gasteiger partial charge < -0.3 is 24.8 Å². The number of esters is 1. The Balaban J connectivity index is 2.92. The summed E-state index contributed by atoms with van der Waals surface area (Å²) in [7, 11) is 6.39. The molecule has 1 atom stereocenters. The number of nitrogens with zero attached hydrogens (tertiary/aromatic N) is 3. The molecule has 1 fully saturated rings. The topological polar surface area (TPSA) is 99.3 Å². The molecule has 9 nitrogen and oxygen atoms in total. The van der Waals surface area contributed by atoms with Gasteiger partial charge in [-0.3, -0.25) is 19.2 Å². The van der Waals surface area contributed by atoms with Crippen molar-refractivity contribution in [3.63, 3.8) is 0 Å². The van der Waals surface area contributed by atoms with E-state index in [0.717, 1.165) is 25.7 Å². The molecule has 3 amide bonds. The lowest BCUT2D eigenvalue weighted by molar-refractivity contribution is -0.159. The Morgan fingerprint density at radius 3 is 2.06 bits per heavy atom. The molecule has 0 heterocycles. The molecule has 0 aromatic rings. The Hall–Kier alpha value is -2.16. The average molecular weight is 455 g/mol. The van der Waals surface area contributed by atoms with E-state index in [2.05, 4.69) is 5.32 Å². The molecular formula is C23H42N4O5. The second kappa shape index (κ2) is 12.8. The highest BCUT2D eigenvalue weighted by atomic mass is 16.6. The van der Waals surface area contributed by atoms with Gasteiger partial charge in [0.05, 0.1) is 13.1 Å². The summed E-state index contributed by atoms with van der Waals surface area (Å²) in [5.74, 6) is -0.938. The summed E-state index contributed by atoms with van der Waals surface area (Å²) < 4.78 is 5.33. The SMILES string of the molecule is CNCC(=O)N(C)CC(=O)N(C)C(CC1CCCCC1)C(=O)N(C)CC(=O)OC(C)(C)C. The quantitative estimate of drug-likeness (QED) is 0.499. The minimum Gasteiger partial charge on any atom is -0.459 e. The number of amides is 3. The van der Waals surface area contributed by atoms with Crippen molar-refractivity contribution < 1.29 is 23.9 Å². The molecule has 0 radical (unpaired) electrons. The van der Waals surface area contributed by atoms with Crippen LogP contribution in [0.15, 0.2) is 0 Å². The summed E-state index contributed by atoms with van der Waals surface area (Å²) in [5, 5.41) is 2.77. The van der Waals surface area contributed by atoms with Crippen molar-refractivity contribution in [1.29, 1.82) is 0 Å². The van der Waals surface area contributed by atoms with Gasteiger partial charge in [0.1, 0.15) is 18.2 Å². The van der Waals surface area contributed by atoms with Crippen LogP contribution < -0.4 is 5.32 Å². The summed E-state index contributed by atoms with van der Waals surface area (Å²) in [6.45, 7) is 5.17. The zero-order valence-electron chi connectivity index (χ0n) is 20.9. The highest BCUT2D eigenvalue weighted by Gasteiger charge is 2.33. The van der Waals surface area contributed by atoms with E-state index in [9.17, 15) is 19.2 Å². The molecule has 1 aliphatic carbocycles. The van der Waals surface area contributed by atoms with Crippen LogP contribution >= 0.6 is 0 Å². The van der Waals surface area contributed by atoms with Crippen LogP contribution in [0.25, 0.3) is 0 Å². The fraction of sp³-hybridized carbons (Fsp3) is 0.826. The number of hydrogen-bond acceptors (Lipinski definition) is 6. The number of ether oxygens (including phenoxy) is 1. The van der Waals surface area contributed by atoms with Gasteiger partial charge in [-0.1, -0.05) is 32.1 Å². The molecule has 1 aliphatic rings. The van der Waals surface area contributed by atoms with E-state index in [1.54, 1.807) is 49.0 Å². The lowest BCUT2D eigenvalue weighted by atomic mass is 9.84. The Kier molecular flexibility index (Phi) is 11.1. The normalized spacial score (nSPS) is 15.6. The Morgan fingerprint density at radius 2 is 1.53 bits per heavy atom. The summed E-state index contributed by atoms with van der Waals surface area (Å²) in [6, 6.07) is -0.689. The van der Waals surface area contributed by atoms with Gasteiger partial charge in [0.25, 0.3) is 0 Å². The van der Waals surface area contributed by atoms with Crippen molar-refractivity contribution in [3.05, 3.63) is 0 Å². The van der Waals surface area contributed by atoms with Crippen LogP contribution in [0.3, 0.4) is 0 Å². The zero-order chi connectivity index (χ0) is 24.5. The standard InChI is InChI=1S/C23H42N4O5/c1-23(2,3)32-21(30)16-26(6)22(31)18(13-17-11-9-8-10-12-17)27(7)20(29)15-25(5)19(28)14-24-4/h17-18,24H,8-16H2,1-7H3. The maximum Gasteiger partial charge on any atom is 0.326 e. The molecule has 1 rings (SSSR count). The Morgan fingerprint density at radius 1 is 0.938 bits per heavy atom. The predicted octanol–water partition coefficient (Wildman–Crippen LogP) is 1.26. The molecule has 0 aromatic heterocycles. The smallest absolute Gasteiger partial charge is 0.326 e. The fourth-order valence-electron chi connectivity index (χ4n) is 3.93. The molecule has 0 spiro atoms. The van der Waals surface area contributed by atoms with Gasteiger partial charge in [0.15, 0.2) is 0 Å². The number of rotatable bonds is 10. The summed E-state index contributed by atoms with van der Waals surface area (Å²) in [5.41, 5.74) is -0.639. The molecule has 32 heavy (non-hydrogen) atoms.